The summed E-state index contributed by atoms with van der Waals surface area (Å²) in [6.07, 6.45) is 2.40. The van der Waals surface area contributed by atoms with Crippen molar-refractivity contribution >= 4 is 32.4 Å². The fraction of sp³-hybridized carbons (Fsp3) is 0.444. The van der Waals surface area contributed by atoms with Crippen molar-refractivity contribution in [2.45, 2.75) is 24.3 Å². The van der Waals surface area contributed by atoms with Crippen LogP contribution in [-0.2, 0) is 10.0 Å². The standard InChI is InChI=1S/C18H24N4O4S2/c1-2-15(13-23)21-7-9-22(10-8-21)28(25,26)16-5-3-4-14(12-16)17(24)20-18-19-6-11-27-18/h3-6,11-12,15,23H,2,7-10,13H2,1H3,(H,19,20,24)/t15-/m1/s1. The van der Waals surface area contributed by atoms with Gasteiger partial charge in [-0.3, -0.25) is 15.0 Å². The highest BCUT2D eigenvalue weighted by Crippen LogP contribution is 2.21. The molecule has 2 aromatic rings. The van der Waals surface area contributed by atoms with E-state index in [9.17, 15) is 18.3 Å². The van der Waals surface area contributed by atoms with Crippen molar-refractivity contribution in [2.75, 3.05) is 38.1 Å². The molecule has 0 unspecified atom stereocenters. The van der Waals surface area contributed by atoms with Gasteiger partial charge in [-0.05, 0) is 24.6 Å². The van der Waals surface area contributed by atoms with Crippen molar-refractivity contribution < 1.29 is 18.3 Å². The number of rotatable bonds is 7. The Bertz CT molecular complexity index is 890. The quantitative estimate of drug-likeness (QED) is 0.698. The molecule has 1 aromatic heterocycles. The summed E-state index contributed by atoms with van der Waals surface area (Å²) in [5.41, 5.74) is 0.265. The van der Waals surface area contributed by atoms with Gasteiger partial charge in [-0.25, -0.2) is 13.4 Å². The highest BCUT2D eigenvalue weighted by molar-refractivity contribution is 7.89. The van der Waals surface area contributed by atoms with E-state index < -0.39 is 15.9 Å². The lowest BCUT2D eigenvalue weighted by atomic mass is 10.2. The van der Waals surface area contributed by atoms with Crippen LogP contribution in [0.4, 0.5) is 5.13 Å². The lowest BCUT2D eigenvalue weighted by molar-refractivity contribution is 0.0881. The maximum absolute atomic E-state index is 13.0. The second-order valence-electron chi connectivity index (χ2n) is 6.50. The van der Waals surface area contributed by atoms with Crippen LogP contribution in [0.1, 0.15) is 23.7 Å². The first-order valence-corrected chi connectivity index (χ1v) is 11.4. The van der Waals surface area contributed by atoms with E-state index in [2.05, 4.69) is 15.2 Å². The molecule has 0 bridgehead atoms. The van der Waals surface area contributed by atoms with Crippen molar-refractivity contribution in [1.82, 2.24) is 14.2 Å². The summed E-state index contributed by atoms with van der Waals surface area (Å²) in [5.74, 6) is -0.398. The Hall–Kier alpha value is -1.85. The zero-order valence-electron chi connectivity index (χ0n) is 15.6. The van der Waals surface area contributed by atoms with E-state index in [1.54, 1.807) is 23.7 Å². The Morgan fingerprint density at radius 2 is 2.07 bits per heavy atom. The molecule has 1 saturated heterocycles. The lowest BCUT2D eigenvalue weighted by Gasteiger charge is -2.37. The number of aliphatic hydroxyl groups excluding tert-OH is 1. The molecule has 152 valence electrons. The number of hydrogen-bond acceptors (Lipinski definition) is 7. The Morgan fingerprint density at radius 3 is 2.68 bits per heavy atom. The molecule has 1 aliphatic rings. The van der Waals surface area contributed by atoms with Gasteiger partial charge in [0.25, 0.3) is 5.91 Å². The van der Waals surface area contributed by atoms with Gasteiger partial charge in [0.05, 0.1) is 11.5 Å². The van der Waals surface area contributed by atoms with E-state index >= 15 is 0 Å². The summed E-state index contributed by atoms with van der Waals surface area (Å²) in [7, 11) is -3.69. The predicted octanol–water partition coefficient (Wildman–Crippen LogP) is 1.47. The zero-order valence-corrected chi connectivity index (χ0v) is 17.2. The Labute approximate surface area is 168 Å². The number of thiazole rings is 1. The number of piperazine rings is 1. The summed E-state index contributed by atoms with van der Waals surface area (Å²) in [6, 6.07) is 6.10. The minimum Gasteiger partial charge on any atom is -0.395 e. The molecule has 0 saturated carbocycles. The van der Waals surface area contributed by atoms with Crippen LogP contribution in [0.2, 0.25) is 0 Å². The van der Waals surface area contributed by atoms with Crippen LogP contribution in [0.25, 0.3) is 0 Å². The number of amides is 1. The summed E-state index contributed by atoms with van der Waals surface area (Å²) >= 11 is 1.29. The zero-order chi connectivity index (χ0) is 20.1. The number of benzene rings is 1. The highest BCUT2D eigenvalue weighted by atomic mass is 32.2. The fourth-order valence-corrected chi connectivity index (χ4v) is 5.21. The van der Waals surface area contributed by atoms with Gasteiger partial charge < -0.3 is 5.11 Å². The van der Waals surface area contributed by atoms with Gasteiger partial charge in [-0.1, -0.05) is 13.0 Å². The summed E-state index contributed by atoms with van der Waals surface area (Å²) in [5, 5.41) is 14.3. The van der Waals surface area contributed by atoms with Gasteiger partial charge in [0.2, 0.25) is 10.0 Å². The lowest BCUT2D eigenvalue weighted by Crippen LogP contribution is -2.52. The summed E-state index contributed by atoms with van der Waals surface area (Å²) in [4.78, 5) is 18.6. The maximum Gasteiger partial charge on any atom is 0.257 e. The van der Waals surface area contributed by atoms with Crippen LogP contribution in [0.15, 0.2) is 40.7 Å². The summed E-state index contributed by atoms with van der Waals surface area (Å²) in [6.45, 7) is 3.93. The number of nitrogens with one attached hydrogen (secondary N) is 1. The molecule has 1 atom stereocenters. The van der Waals surface area contributed by atoms with Crippen molar-refractivity contribution in [3.8, 4) is 0 Å². The van der Waals surface area contributed by atoms with Gasteiger partial charge in [0, 0.05) is 49.4 Å². The molecule has 0 radical (unpaired) electrons. The molecule has 1 aliphatic heterocycles. The van der Waals surface area contributed by atoms with Crippen LogP contribution in [0, 0.1) is 0 Å². The van der Waals surface area contributed by atoms with E-state index in [1.807, 2.05) is 6.92 Å². The Kier molecular flexibility index (Phi) is 6.78. The molecule has 2 heterocycles. The smallest absolute Gasteiger partial charge is 0.257 e. The number of aromatic nitrogens is 1. The second-order valence-corrected chi connectivity index (χ2v) is 9.34. The third-order valence-electron chi connectivity index (χ3n) is 4.86. The molecule has 3 rings (SSSR count). The molecule has 8 nitrogen and oxygen atoms in total. The minimum atomic E-state index is -3.69. The van der Waals surface area contributed by atoms with Crippen LogP contribution in [0.3, 0.4) is 0 Å². The molecule has 1 fully saturated rings. The predicted molar refractivity (Wildman–Crippen MR) is 108 cm³/mol. The van der Waals surface area contributed by atoms with E-state index in [1.165, 1.54) is 27.8 Å². The largest absolute Gasteiger partial charge is 0.395 e. The maximum atomic E-state index is 13.0. The van der Waals surface area contributed by atoms with Crippen LogP contribution < -0.4 is 5.32 Å². The van der Waals surface area contributed by atoms with E-state index in [-0.39, 0.29) is 23.1 Å². The fourth-order valence-electron chi connectivity index (χ4n) is 3.21. The van der Waals surface area contributed by atoms with Gasteiger partial charge >= 0.3 is 0 Å². The molecule has 2 N–H and O–H groups in total. The van der Waals surface area contributed by atoms with Crippen molar-refractivity contribution in [3.05, 3.63) is 41.4 Å². The second kappa shape index (κ2) is 9.10. The van der Waals surface area contributed by atoms with Crippen LogP contribution in [0.5, 0.6) is 0 Å². The first-order valence-electron chi connectivity index (χ1n) is 9.11. The van der Waals surface area contributed by atoms with Gasteiger partial charge in [0.15, 0.2) is 5.13 Å². The van der Waals surface area contributed by atoms with Gasteiger partial charge in [-0.15, -0.1) is 11.3 Å². The molecule has 0 spiro atoms. The van der Waals surface area contributed by atoms with Gasteiger partial charge in [0.1, 0.15) is 0 Å². The van der Waals surface area contributed by atoms with E-state index in [4.69, 9.17) is 0 Å². The SMILES string of the molecule is CC[C@H](CO)N1CCN(S(=O)(=O)c2cccc(C(=O)Nc3nccs3)c2)CC1. The average molecular weight is 425 g/mol. The Morgan fingerprint density at radius 1 is 1.32 bits per heavy atom. The van der Waals surface area contributed by atoms with Crippen LogP contribution >= 0.6 is 11.3 Å². The summed E-state index contributed by atoms with van der Waals surface area (Å²) < 4.78 is 27.5. The van der Waals surface area contributed by atoms with Crippen molar-refractivity contribution in [2.24, 2.45) is 0 Å². The number of nitrogens with zero attached hydrogens (tertiary/aromatic N) is 3. The third kappa shape index (κ3) is 4.58. The molecular formula is C18H24N4O4S2. The van der Waals surface area contributed by atoms with E-state index in [0.717, 1.165) is 6.42 Å². The normalized spacial score (nSPS) is 17.4. The van der Waals surface area contributed by atoms with Crippen LogP contribution in [-0.4, -0.2) is 72.4 Å². The number of aliphatic hydroxyl groups is 1. The first-order chi connectivity index (χ1) is 13.5. The average Bonchev–Trinajstić information content (AvgIpc) is 3.22. The molecule has 1 amide bonds. The number of hydrogen-bond donors (Lipinski definition) is 2. The molecule has 1 aromatic carbocycles. The molecule has 0 aliphatic carbocycles. The number of carbonyl (C=O) groups excluding carboxylic acids is 1. The van der Waals surface area contributed by atoms with Gasteiger partial charge in [-0.2, -0.15) is 4.31 Å². The number of sulfonamides is 1. The van der Waals surface area contributed by atoms with E-state index in [0.29, 0.717) is 31.3 Å². The number of anilines is 1. The van der Waals surface area contributed by atoms with Crippen molar-refractivity contribution in [3.63, 3.8) is 0 Å². The number of carbonyl (C=O) groups is 1. The highest BCUT2D eigenvalue weighted by Gasteiger charge is 2.30. The third-order valence-corrected chi connectivity index (χ3v) is 7.44. The first kappa shape index (κ1) is 20.9. The van der Waals surface area contributed by atoms with Crippen molar-refractivity contribution in [1.29, 1.82) is 0 Å². The molecular weight excluding hydrogens is 400 g/mol. The monoisotopic (exact) mass is 424 g/mol. The molecule has 28 heavy (non-hydrogen) atoms. The molecule has 10 heteroatoms. The minimum absolute atomic E-state index is 0.0581. The topological polar surface area (TPSA) is 103 Å². The Balaban J connectivity index is 1.71.